The van der Waals surface area contributed by atoms with Gasteiger partial charge >= 0.3 is 0 Å². The average Bonchev–Trinajstić information content (AvgIpc) is 3.20. The second kappa shape index (κ2) is 11.9. The summed E-state index contributed by atoms with van der Waals surface area (Å²) >= 11 is 1.39. The number of carbonyl (C=O) groups excluding carboxylic acids is 2. The van der Waals surface area contributed by atoms with Crippen molar-refractivity contribution in [2.75, 3.05) is 51.3 Å². The van der Waals surface area contributed by atoms with Crippen LogP contribution in [0.5, 0.6) is 0 Å². The molecule has 168 valence electrons. The van der Waals surface area contributed by atoms with Crippen molar-refractivity contribution in [1.82, 2.24) is 14.8 Å². The van der Waals surface area contributed by atoms with Crippen LogP contribution in [0.2, 0.25) is 0 Å². The zero-order valence-electron chi connectivity index (χ0n) is 18.4. The lowest BCUT2D eigenvalue weighted by molar-refractivity contribution is -0.117. The van der Waals surface area contributed by atoms with Crippen LogP contribution in [0.15, 0.2) is 29.6 Å². The quantitative estimate of drug-likeness (QED) is 0.609. The molecule has 0 bridgehead atoms. The number of benzene rings is 1. The molecule has 31 heavy (non-hydrogen) atoms. The van der Waals surface area contributed by atoms with Gasteiger partial charge in [-0.25, -0.2) is 4.98 Å². The minimum absolute atomic E-state index is 0.000608. The first-order valence-electron chi connectivity index (χ1n) is 11.0. The van der Waals surface area contributed by atoms with E-state index in [1.807, 2.05) is 36.6 Å². The molecule has 1 aliphatic rings. The summed E-state index contributed by atoms with van der Waals surface area (Å²) < 4.78 is 5.40. The summed E-state index contributed by atoms with van der Waals surface area (Å²) in [5.74, 6) is -0.356. The molecule has 1 aromatic heterocycles. The van der Waals surface area contributed by atoms with E-state index < -0.39 is 0 Å². The lowest BCUT2D eigenvalue weighted by atomic mass is 10.1. The summed E-state index contributed by atoms with van der Waals surface area (Å²) in [4.78, 5) is 34.0. The molecule has 0 aliphatic carbocycles. The van der Waals surface area contributed by atoms with Gasteiger partial charge in [-0.1, -0.05) is 25.5 Å². The number of unbranched alkanes of at least 4 members (excludes halogenated alkanes) is 1. The van der Waals surface area contributed by atoms with Gasteiger partial charge < -0.3 is 15.0 Å². The minimum atomic E-state index is -0.232. The molecule has 0 saturated carbocycles. The van der Waals surface area contributed by atoms with E-state index in [1.54, 1.807) is 4.90 Å². The van der Waals surface area contributed by atoms with Crippen LogP contribution in [0.25, 0.3) is 0 Å². The molecule has 0 radical (unpaired) electrons. The normalized spacial score (nSPS) is 14.4. The lowest BCUT2D eigenvalue weighted by Crippen LogP contribution is -2.45. The Labute approximate surface area is 188 Å². The maximum atomic E-state index is 13.2. The van der Waals surface area contributed by atoms with Crippen LogP contribution >= 0.6 is 11.3 Å². The molecule has 1 N–H and O–H groups in total. The first-order valence-corrected chi connectivity index (χ1v) is 11.8. The number of thiazole rings is 1. The topological polar surface area (TPSA) is 74.8 Å². The predicted molar refractivity (Wildman–Crippen MR) is 124 cm³/mol. The molecule has 1 saturated heterocycles. The summed E-state index contributed by atoms with van der Waals surface area (Å²) in [5, 5.41) is 5.26. The third-order valence-electron chi connectivity index (χ3n) is 5.30. The maximum Gasteiger partial charge on any atom is 0.254 e. The van der Waals surface area contributed by atoms with Crippen LogP contribution in [0.4, 0.5) is 5.13 Å². The first-order chi connectivity index (χ1) is 15.0. The van der Waals surface area contributed by atoms with E-state index in [1.165, 1.54) is 16.9 Å². The second-order valence-electron chi connectivity index (χ2n) is 7.82. The van der Waals surface area contributed by atoms with Crippen molar-refractivity contribution in [2.24, 2.45) is 0 Å². The van der Waals surface area contributed by atoms with Crippen LogP contribution in [-0.2, 0) is 16.0 Å². The number of morpholine rings is 1. The molecule has 1 aliphatic heterocycles. The van der Waals surface area contributed by atoms with Crippen molar-refractivity contribution in [2.45, 2.75) is 33.1 Å². The number of amides is 2. The van der Waals surface area contributed by atoms with E-state index in [4.69, 9.17) is 4.74 Å². The molecule has 1 aromatic carbocycles. The largest absolute Gasteiger partial charge is 0.379 e. The molecule has 2 amide bonds. The Bertz CT molecular complexity index is 847. The van der Waals surface area contributed by atoms with Gasteiger partial charge in [-0.2, -0.15) is 0 Å². The zero-order valence-corrected chi connectivity index (χ0v) is 19.2. The van der Waals surface area contributed by atoms with E-state index in [2.05, 4.69) is 22.1 Å². The summed E-state index contributed by atoms with van der Waals surface area (Å²) in [6.07, 6.45) is 3.29. The number of ether oxygens (including phenoxy) is 1. The van der Waals surface area contributed by atoms with Crippen molar-refractivity contribution in [1.29, 1.82) is 0 Å². The predicted octanol–water partition coefficient (Wildman–Crippen LogP) is 3.21. The summed E-state index contributed by atoms with van der Waals surface area (Å²) in [6, 6.07) is 7.78. The molecule has 7 nitrogen and oxygen atoms in total. The fourth-order valence-corrected chi connectivity index (χ4v) is 4.16. The van der Waals surface area contributed by atoms with E-state index in [0.717, 1.165) is 38.0 Å². The molecule has 1 fully saturated rings. The molecule has 2 heterocycles. The number of hydrogen-bond acceptors (Lipinski definition) is 6. The van der Waals surface area contributed by atoms with E-state index >= 15 is 0 Å². The van der Waals surface area contributed by atoms with E-state index in [-0.39, 0.29) is 18.4 Å². The summed E-state index contributed by atoms with van der Waals surface area (Å²) in [7, 11) is 0. The van der Waals surface area contributed by atoms with Crippen LogP contribution in [0, 0.1) is 6.92 Å². The second-order valence-corrected chi connectivity index (χ2v) is 8.68. The highest BCUT2D eigenvalue weighted by molar-refractivity contribution is 7.13. The molecule has 0 spiro atoms. The Hall–Kier alpha value is -2.29. The van der Waals surface area contributed by atoms with Gasteiger partial charge in [0.05, 0.1) is 18.9 Å². The number of nitrogens with one attached hydrogen (secondary N) is 1. The molecule has 8 heteroatoms. The Morgan fingerprint density at radius 2 is 1.97 bits per heavy atom. The van der Waals surface area contributed by atoms with Gasteiger partial charge in [0.1, 0.15) is 6.54 Å². The summed E-state index contributed by atoms with van der Waals surface area (Å²) in [6.45, 7) is 8.36. The van der Waals surface area contributed by atoms with Crippen LogP contribution in [-0.4, -0.2) is 72.5 Å². The molecule has 3 rings (SSSR count). The van der Waals surface area contributed by atoms with Crippen LogP contribution < -0.4 is 5.32 Å². The number of carbonyl (C=O) groups is 2. The van der Waals surface area contributed by atoms with Crippen molar-refractivity contribution in [3.8, 4) is 0 Å². The van der Waals surface area contributed by atoms with Gasteiger partial charge in [-0.05, 0) is 37.5 Å². The highest BCUT2D eigenvalue weighted by Crippen LogP contribution is 2.15. The van der Waals surface area contributed by atoms with Crippen molar-refractivity contribution >= 4 is 28.3 Å². The molecule has 0 unspecified atom stereocenters. The van der Waals surface area contributed by atoms with Gasteiger partial charge in [0.25, 0.3) is 5.91 Å². The Morgan fingerprint density at radius 3 is 2.61 bits per heavy atom. The van der Waals surface area contributed by atoms with Crippen LogP contribution in [0.3, 0.4) is 0 Å². The Kier molecular flexibility index (Phi) is 8.99. The highest BCUT2D eigenvalue weighted by Gasteiger charge is 2.21. The number of aromatic nitrogens is 1. The van der Waals surface area contributed by atoms with Gasteiger partial charge in [0, 0.05) is 37.1 Å². The minimum Gasteiger partial charge on any atom is -0.379 e. The SMILES string of the molecule is CCCCc1ccc(C(=O)N(CCN2CCOCC2)CC(=O)Nc2nc(C)cs2)cc1. The highest BCUT2D eigenvalue weighted by atomic mass is 32.1. The summed E-state index contributed by atoms with van der Waals surface area (Å²) in [5.41, 5.74) is 2.71. The third kappa shape index (κ3) is 7.41. The third-order valence-corrected chi connectivity index (χ3v) is 6.17. The number of rotatable bonds is 10. The van der Waals surface area contributed by atoms with Crippen molar-refractivity contribution in [3.63, 3.8) is 0 Å². The van der Waals surface area contributed by atoms with E-state index in [0.29, 0.717) is 37.0 Å². The number of hydrogen-bond donors (Lipinski definition) is 1. The maximum absolute atomic E-state index is 13.2. The first kappa shape index (κ1) is 23.4. The smallest absolute Gasteiger partial charge is 0.254 e. The average molecular weight is 445 g/mol. The van der Waals surface area contributed by atoms with E-state index in [9.17, 15) is 9.59 Å². The van der Waals surface area contributed by atoms with Crippen molar-refractivity contribution in [3.05, 3.63) is 46.5 Å². The zero-order chi connectivity index (χ0) is 22.1. The number of aryl methyl sites for hydroxylation is 2. The fourth-order valence-electron chi connectivity index (χ4n) is 3.46. The fraction of sp³-hybridized carbons (Fsp3) is 0.522. The monoisotopic (exact) mass is 444 g/mol. The Balaban J connectivity index is 1.65. The Morgan fingerprint density at radius 1 is 1.23 bits per heavy atom. The van der Waals surface area contributed by atoms with Gasteiger partial charge in [0.15, 0.2) is 5.13 Å². The van der Waals surface area contributed by atoms with Gasteiger partial charge in [-0.15, -0.1) is 11.3 Å². The van der Waals surface area contributed by atoms with Gasteiger partial charge in [-0.3, -0.25) is 14.5 Å². The molecule has 2 aromatic rings. The number of anilines is 1. The van der Waals surface area contributed by atoms with Crippen LogP contribution in [0.1, 0.15) is 41.4 Å². The molecular weight excluding hydrogens is 412 g/mol. The van der Waals surface area contributed by atoms with Gasteiger partial charge in [0.2, 0.25) is 5.91 Å². The standard InChI is InChI=1S/C23H32N4O3S/c1-3-4-5-19-6-8-20(9-7-19)22(29)27(11-10-26-12-14-30-15-13-26)16-21(28)25-23-24-18(2)17-31-23/h6-9,17H,3-5,10-16H2,1-2H3,(H,24,25,28). The number of nitrogens with zero attached hydrogens (tertiary/aromatic N) is 3. The van der Waals surface area contributed by atoms with Crippen molar-refractivity contribution < 1.29 is 14.3 Å². The lowest BCUT2D eigenvalue weighted by Gasteiger charge is -2.30. The molecular formula is C23H32N4O3S. The molecule has 0 atom stereocenters.